The van der Waals surface area contributed by atoms with E-state index in [4.69, 9.17) is 0 Å². The van der Waals surface area contributed by atoms with Gasteiger partial charge in [-0.3, -0.25) is 10.1 Å². The van der Waals surface area contributed by atoms with Crippen LogP contribution in [-0.4, -0.2) is 33.4 Å². The Hall–Kier alpha value is -1.46. The molecule has 0 aliphatic heterocycles. The quantitative estimate of drug-likeness (QED) is 0.568. The molecular weight excluding hydrogens is 234 g/mol. The highest BCUT2D eigenvalue weighted by atomic mass is 16.6. The summed E-state index contributed by atoms with van der Waals surface area (Å²) >= 11 is 0. The molecule has 0 aliphatic rings. The first-order chi connectivity index (χ1) is 8.50. The third-order valence-electron chi connectivity index (χ3n) is 2.87. The van der Waals surface area contributed by atoms with E-state index in [1.54, 1.807) is 0 Å². The van der Waals surface area contributed by atoms with Crippen molar-refractivity contribution in [1.29, 1.82) is 0 Å². The third-order valence-corrected chi connectivity index (χ3v) is 2.87. The van der Waals surface area contributed by atoms with Gasteiger partial charge in [0.05, 0.1) is 6.10 Å². The Balaban J connectivity index is 2.51. The molecule has 0 saturated heterocycles. The van der Waals surface area contributed by atoms with Crippen LogP contribution in [0.25, 0.3) is 0 Å². The first kappa shape index (κ1) is 14.6. The fourth-order valence-electron chi connectivity index (χ4n) is 1.88. The molecule has 0 aromatic heterocycles. The SMILES string of the molecule is CC(O)CC(C(O)CCc1ccccc1)[N+](=O)[O-]. The zero-order valence-corrected chi connectivity index (χ0v) is 10.4. The number of rotatable bonds is 7. The van der Waals surface area contributed by atoms with Gasteiger partial charge in [-0.15, -0.1) is 0 Å². The zero-order valence-electron chi connectivity index (χ0n) is 10.4. The molecule has 5 nitrogen and oxygen atoms in total. The number of nitrogens with zero attached hydrogens (tertiary/aromatic N) is 1. The topological polar surface area (TPSA) is 83.6 Å². The van der Waals surface area contributed by atoms with E-state index < -0.39 is 23.2 Å². The van der Waals surface area contributed by atoms with Crippen molar-refractivity contribution in [3.05, 3.63) is 46.0 Å². The summed E-state index contributed by atoms with van der Waals surface area (Å²) in [5, 5.41) is 29.8. The lowest BCUT2D eigenvalue weighted by molar-refractivity contribution is -0.537. The van der Waals surface area contributed by atoms with E-state index in [-0.39, 0.29) is 6.42 Å². The average molecular weight is 253 g/mol. The van der Waals surface area contributed by atoms with Crippen LogP contribution in [0.5, 0.6) is 0 Å². The van der Waals surface area contributed by atoms with Crippen molar-refractivity contribution in [2.45, 2.75) is 44.4 Å². The smallest absolute Gasteiger partial charge is 0.241 e. The molecule has 1 rings (SSSR count). The molecule has 0 fully saturated rings. The molecule has 0 saturated carbocycles. The van der Waals surface area contributed by atoms with E-state index in [1.165, 1.54) is 6.92 Å². The van der Waals surface area contributed by atoms with Crippen molar-refractivity contribution in [3.63, 3.8) is 0 Å². The van der Waals surface area contributed by atoms with Crippen LogP contribution < -0.4 is 0 Å². The van der Waals surface area contributed by atoms with E-state index >= 15 is 0 Å². The number of aryl methyl sites for hydroxylation is 1. The summed E-state index contributed by atoms with van der Waals surface area (Å²) in [6.07, 6.45) is -0.932. The zero-order chi connectivity index (χ0) is 13.5. The lowest BCUT2D eigenvalue weighted by atomic mass is 9.98. The van der Waals surface area contributed by atoms with Gasteiger partial charge in [0.1, 0.15) is 6.10 Å². The van der Waals surface area contributed by atoms with Crippen LogP contribution in [0.3, 0.4) is 0 Å². The molecule has 1 aromatic carbocycles. The van der Waals surface area contributed by atoms with Gasteiger partial charge in [0.2, 0.25) is 6.04 Å². The number of nitro groups is 1. The van der Waals surface area contributed by atoms with E-state index in [1.807, 2.05) is 30.3 Å². The van der Waals surface area contributed by atoms with Crippen LogP contribution in [-0.2, 0) is 6.42 Å². The lowest BCUT2D eigenvalue weighted by Gasteiger charge is -2.17. The highest BCUT2D eigenvalue weighted by Crippen LogP contribution is 2.13. The van der Waals surface area contributed by atoms with Gasteiger partial charge in [-0.05, 0) is 25.3 Å². The van der Waals surface area contributed by atoms with Crippen molar-refractivity contribution in [2.24, 2.45) is 0 Å². The fourth-order valence-corrected chi connectivity index (χ4v) is 1.88. The summed E-state index contributed by atoms with van der Waals surface area (Å²) in [6, 6.07) is 8.41. The van der Waals surface area contributed by atoms with Gasteiger partial charge in [-0.25, -0.2) is 0 Å². The number of aliphatic hydroxyl groups is 2. The largest absolute Gasteiger partial charge is 0.393 e. The van der Waals surface area contributed by atoms with E-state index in [9.17, 15) is 20.3 Å². The van der Waals surface area contributed by atoms with Gasteiger partial charge < -0.3 is 10.2 Å². The van der Waals surface area contributed by atoms with Crippen LogP contribution in [0.1, 0.15) is 25.3 Å². The number of hydrogen-bond donors (Lipinski definition) is 2. The first-order valence-electron chi connectivity index (χ1n) is 6.04. The predicted molar refractivity (Wildman–Crippen MR) is 67.9 cm³/mol. The Morgan fingerprint density at radius 3 is 2.39 bits per heavy atom. The first-order valence-corrected chi connectivity index (χ1v) is 6.04. The molecule has 3 unspecified atom stereocenters. The second-order valence-corrected chi connectivity index (χ2v) is 4.53. The molecule has 0 amide bonds. The minimum Gasteiger partial charge on any atom is -0.393 e. The van der Waals surface area contributed by atoms with E-state index in [0.29, 0.717) is 12.8 Å². The van der Waals surface area contributed by atoms with Gasteiger partial charge in [0, 0.05) is 11.3 Å². The Bertz CT molecular complexity index is 367. The van der Waals surface area contributed by atoms with Crippen LogP contribution in [0.2, 0.25) is 0 Å². The highest BCUT2D eigenvalue weighted by Gasteiger charge is 2.30. The lowest BCUT2D eigenvalue weighted by Crippen LogP contribution is -2.36. The van der Waals surface area contributed by atoms with Gasteiger partial charge in [-0.1, -0.05) is 30.3 Å². The molecule has 1 aromatic rings. The van der Waals surface area contributed by atoms with Crippen molar-refractivity contribution >= 4 is 0 Å². The minimum atomic E-state index is -1.10. The molecule has 0 bridgehead atoms. The van der Waals surface area contributed by atoms with Crippen molar-refractivity contribution in [3.8, 4) is 0 Å². The van der Waals surface area contributed by atoms with Gasteiger partial charge in [-0.2, -0.15) is 0 Å². The summed E-state index contributed by atoms with van der Waals surface area (Å²) in [4.78, 5) is 10.3. The molecular formula is C13H19NO4. The molecule has 0 aliphatic carbocycles. The third kappa shape index (κ3) is 4.81. The van der Waals surface area contributed by atoms with Crippen LogP contribution in [0, 0.1) is 10.1 Å². The Morgan fingerprint density at radius 2 is 1.89 bits per heavy atom. The van der Waals surface area contributed by atoms with Crippen LogP contribution in [0.4, 0.5) is 0 Å². The van der Waals surface area contributed by atoms with Crippen LogP contribution >= 0.6 is 0 Å². The summed E-state index contributed by atoms with van der Waals surface area (Å²) in [5.74, 6) is 0. The fraction of sp³-hybridized carbons (Fsp3) is 0.538. The Kier molecular flexibility index (Phi) is 5.74. The number of aliphatic hydroxyl groups excluding tert-OH is 2. The molecule has 18 heavy (non-hydrogen) atoms. The van der Waals surface area contributed by atoms with Gasteiger partial charge in [0.15, 0.2) is 0 Å². The van der Waals surface area contributed by atoms with Gasteiger partial charge in [0.25, 0.3) is 0 Å². The Morgan fingerprint density at radius 1 is 1.28 bits per heavy atom. The maximum atomic E-state index is 10.8. The highest BCUT2D eigenvalue weighted by molar-refractivity contribution is 5.14. The second kappa shape index (κ2) is 7.08. The molecule has 0 radical (unpaired) electrons. The number of benzene rings is 1. The van der Waals surface area contributed by atoms with E-state index in [0.717, 1.165) is 5.56 Å². The van der Waals surface area contributed by atoms with E-state index in [2.05, 4.69) is 0 Å². The standard InChI is InChI=1S/C13H19NO4/c1-10(15)9-12(14(17)18)13(16)8-7-11-5-3-2-4-6-11/h2-6,10,12-13,15-16H,7-9H2,1H3. The van der Waals surface area contributed by atoms with Crippen molar-refractivity contribution in [1.82, 2.24) is 0 Å². The Labute approximate surface area is 106 Å². The minimum absolute atomic E-state index is 0.0248. The average Bonchev–Trinajstić information content (AvgIpc) is 2.34. The molecule has 2 N–H and O–H groups in total. The molecule has 0 spiro atoms. The number of hydrogen-bond acceptors (Lipinski definition) is 4. The maximum absolute atomic E-state index is 10.8. The second-order valence-electron chi connectivity index (χ2n) is 4.53. The summed E-state index contributed by atoms with van der Waals surface area (Å²) in [5.41, 5.74) is 1.04. The van der Waals surface area contributed by atoms with Gasteiger partial charge >= 0.3 is 0 Å². The molecule has 0 heterocycles. The summed E-state index contributed by atoms with van der Waals surface area (Å²) in [7, 11) is 0. The summed E-state index contributed by atoms with van der Waals surface area (Å²) < 4.78 is 0. The van der Waals surface area contributed by atoms with Crippen LogP contribution in [0.15, 0.2) is 30.3 Å². The predicted octanol–water partition coefficient (Wildman–Crippen LogP) is 1.40. The maximum Gasteiger partial charge on any atom is 0.241 e. The monoisotopic (exact) mass is 253 g/mol. The molecule has 3 atom stereocenters. The van der Waals surface area contributed by atoms with Crippen molar-refractivity contribution in [2.75, 3.05) is 0 Å². The summed E-state index contributed by atoms with van der Waals surface area (Å²) in [6.45, 7) is 1.49. The molecule has 5 heteroatoms. The molecule has 100 valence electrons. The normalized spacial score (nSPS) is 15.9. The van der Waals surface area contributed by atoms with Crippen molar-refractivity contribution < 1.29 is 15.1 Å².